The minimum atomic E-state index is 0. The topological polar surface area (TPSA) is 44.5 Å². The second-order valence-corrected chi connectivity index (χ2v) is 4.09. The van der Waals surface area contributed by atoms with Gasteiger partial charge in [-0.1, -0.05) is 15.9 Å². The Bertz CT molecular complexity index is 360. The van der Waals surface area contributed by atoms with E-state index >= 15 is 0 Å². The zero-order valence-electron chi connectivity index (χ0n) is 8.33. The number of ether oxygens (including phenoxy) is 2. The Morgan fingerprint density at radius 1 is 1.53 bits per heavy atom. The summed E-state index contributed by atoms with van der Waals surface area (Å²) >= 11 is 3.47. The van der Waals surface area contributed by atoms with Gasteiger partial charge in [0.25, 0.3) is 0 Å². The minimum Gasteiger partial charge on any atom is -0.493 e. The summed E-state index contributed by atoms with van der Waals surface area (Å²) in [5, 5.41) is 0. The predicted octanol–water partition coefficient (Wildman–Crippen LogP) is 2.66. The van der Waals surface area contributed by atoms with Crippen molar-refractivity contribution in [1.82, 2.24) is 0 Å². The minimum absolute atomic E-state index is 0. The SMILES string of the molecule is COc1ccc(Br)c2c1OCC[C@H]2N.Cl. The van der Waals surface area contributed by atoms with E-state index in [0.29, 0.717) is 6.61 Å². The van der Waals surface area contributed by atoms with Crippen molar-refractivity contribution in [1.29, 1.82) is 0 Å². The van der Waals surface area contributed by atoms with Gasteiger partial charge < -0.3 is 15.2 Å². The zero-order valence-corrected chi connectivity index (χ0v) is 10.7. The largest absolute Gasteiger partial charge is 0.493 e. The molecule has 2 N–H and O–H groups in total. The van der Waals surface area contributed by atoms with Gasteiger partial charge in [0.05, 0.1) is 13.7 Å². The third-order valence-electron chi connectivity index (χ3n) is 2.37. The maximum atomic E-state index is 6.01. The van der Waals surface area contributed by atoms with Crippen molar-refractivity contribution in [2.45, 2.75) is 12.5 Å². The fourth-order valence-electron chi connectivity index (χ4n) is 1.64. The maximum absolute atomic E-state index is 6.01. The van der Waals surface area contributed by atoms with E-state index in [-0.39, 0.29) is 18.4 Å². The normalized spacial score (nSPS) is 18.5. The first-order valence-corrected chi connectivity index (χ1v) is 5.28. The highest BCUT2D eigenvalue weighted by molar-refractivity contribution is 9.10. The van der Waals surface area contributed by atoms with Gasteiger partial charge in [0, 0.05) is 22.5 Å². The van der Waals surface area contributed by atoms with Crippen LogP contribution in [0.3, 0.4) is 0 Å². The van der Waals surface area contributed by atoms with Gasteiger partial charge in [0.1, 0.15) is 0 Å². The molecule has 0 saturated carbocycles. The summed E-state index contributed by atoms with van der Waals surface area (Å²) in [5.41, 5.74) is 7.02. The van der Waals surface area contributed by atoms with Gasteiger partial charge in [-0.05, 0) is 12.1 Å². The molecule has 1 atom stereocenters. The van der Waals surface area contributed by atoms with Gasteiger partial charge >= 0.3 is 0 Å². The van der Waals surface area contributed by atoms with Crippen molar-refractivity contribution < 1.29 is 9.47 Å². The third kappa shape index (κ3) is 2.22. The Morgan fingerprint density at radius 2 is 2.27 bits per heavy atom. The number of hydrogen-bond acceptors (Lipinski definition) is 3. The third-order valence-corrected chi connectivity index (χ3v) is 3.06. The van der Waals surface area contributed by atoms with Gasteiger partial charge in [-0.2, -0.15) is 0 Å². The maximum Gasteiger partial charge on any atom is 0.167 e. The molecule has 0 fully saturated rings. The van der Waals surface area contributed by atoms with Crippen molar-refractivity contribution in [2.24, 2.45) is 5.73 Å². The van der Waals surface area contributed by atoms with Crippen LogP contribution in [0.1, 0.15) is 18.0 Å². The van der Waals surface area contributed by atoms with E-state index in [1.165, 1.54) is 0 Å². The first-order chi connectivity index (χ1) is 6.74. The number of halogens is 2. The first-order valence-electron chi connectivity index (χ1n) is 4.49. The van der Waals surface area contributed by atoms with Crippen molar-refractivity contribution >= 4 is 28.3 Å². The van der Waals surface area contributed by atoms with E-state index in [4.69, 9.17) is 15.2 Å². The highest BCUT2D eigenvalue weighted by Crippen LogP contribution is 2.42. The van der Waals surface area contributed by atoms with Crippen molar-refractivity contribution in [3.8, 4) is 11.5 Å². The number of methoxy groups -OCH3 is 1. The molecule has 0 bridgehead atoms. The summed E-state index contributed by atoms with van der Waals surface area (Å²) in [6.07, 6.45) is 0.846. The number of nitrogens with two attached hydrogens (primary N) is 1. The average molecular weight is 295 g/mol. The monoisotopic (exact) mass is 293 g/mol. The highest BCUT2D eigenvalue weighted by atomic mass is 79.9. The smallest absolute Gasteiger partial charge is 0.167 e. The standard InChI is InChI=1S/C10H12BrNO2.ClH/c1-13-8-3-2-6(11)9-7(12)4-5-14-10(8)9;/h2-3,7H,4-5,12H2,1H3;1H/t7-;/m1./s1. The molecule has 0 amide bonds. The highest BCUT2D eigenvalue weighted by Gasteiger charge is 2.24. The molecular formula is C10H13BrClNO2. The van der Waals surface area contributed by atoms with Crippen LogP contribution >= 0.6 is 28.3 Å². The molecule has 0 aromatic heterocycles. The second-order valence-electron chi connectivity index (χ2n) is 3.24. The molecule has 0 radical (unpaired) electrons. The van der Waals surface area contributed by atoms with E-state index in [0.717, 1.165) is 28.0 Å². The lowest BCUT2D eigenvalue weighted by Crippen LogP contribution is -2.21. The number of fused-ring (bicyclic) bond motifs is 1. The van der Waals surface area contributed by atoms with Crippen LogP contribution in [0.4, 0.5) is 0 Å². The quantitative estimate of drug-likeness (QED) is 0.866. The molecule has 5 heteroatoms. The average Bonchev–Trinajstić information content (AvgIpc) is 2.18. The predicted molar refractivity (Wildman–Crippen MR) is 65.0 cm³/mol. The Hall–Kier alpha value is -0.450. The lowest BCUT2D eigenvalue weighted by atomic mass is 10.0. The first kappa shape index (κ1) is 12.6. The molecule has 1 heterocycles. The summed E-state index contributed by atoms with van der Waals surface area (Å²) < 4.78 is 11.8. The van der Waals surface area contributed by atoms with E-state index in [2.05, 4.69) is 15.9 Å². The Morgan fingerprint density at radius 3 is 2.93 bits per heavy atom. The van der Waals surface area contributed by atoms with Crippen LogP contribution in [0.25, 0.3) is 0 Å². The molecule has 0 unspecified atom stereocenters. The van der Waals surface area contributed by atoms with Crippen LogP contribution in [-0.4, -0.2) is 13.7 Å². The van der Waals surface area contributed by atoms with Gasteiger partial charge in [-0.15, -0.1) is 12.4 Å². The molecule has 0 saturated heterocycles. The fourth-order valence-corrected chi connectivity index (χ4v) is 2.25. The van der Waals surface area contributed by atoms with E-state index in [1.54, 1.807) is 7.11 Å². The zero-order chi connectivity index (χ0) is 10.1. The summed E-state index contributed by atoms with van der Waals surface area (Å²) in [4.78, 5) is 0. The number of benzene rings is 1. The molecule has 1 aromatic rings. The summed E-state index contributed by atoms with van der Waals surface area (Å²) in [5.74, 6) is 1.53. The molecule has 15 heavy (non-hydrogen) atoms. The van der Waals surface area contributed by atoms with Crippen molar-refractivity contribution in [2.75, 3.05) is 13.7 Å². The molecule has 0 aliphatic carbocycles. The van der Waals surface area contributed by atoms with E-state index in [1.807, 2.05) is 12.1 Å². The Labute approximate surface area is 103 Å². The van der Waals surface area contributed by atoms with E-state index in [9.17, 15) is 0 Å². The van der Waals surface area contributed by atoms with Crippen LogP contribution in [0.2, 0.25) is 0 Å². The van der Waals surface area contributed by atoms with Crippen LogP contribution in [0.15, 0.2) is 16.6 Å². The molecule has 1 aromatic carbocycles. The number of rotatable bonds is 1. The van der Waals surface area contributed by atoms with Gasteiger partial charge in [0.15, 0.2) is 11.5 Å². The molecular weight excluding hydrogens is 281 g/mol. The van der Waals surface area contributed by atoms with Crippen LogP contribution in [0, 0.1) is 0 Å². The van der Waals surface area contributed by atoms with Crippen molar-refractivity contribution in [3.63, 3.8) is 0 Å². The number of hydrogen-bond donors (Lipinski definition) is 1. The van der Waals surface area contributed by atoms with E-state index < -0.39 is 0 Å². The molecule has 84 valence electrons. The van der Waals surface area contributed by atoms with Crippen LogP contribution in [0.5, 0.6) is 11.5 Å². The van der Waals surface area contributed by atoms with Crippen LogP contribution in [-0.2, 0) is 0 Å². The Kier molecular flexibility index (Phi) is 4.25. The van der Waals surface area contributed by atoms with Gasteiger partial charge in [0.2, 0.25) is 0 Å². The van der Waals surface area contributed by atoms with Crippen LogP contribution < -0.4 is 15.2 Å². The molecule has 0 spiro atoms. The van der Waals surface area contributed by atoms with Crippen molar-refractivity contribution in [3.05, 3.63) is 22.2 Å². The summed E-state index contributed by atoms with van der Waals surface area (Å²) in [7, 11) is 1.63. The van der Waals surface area contributed by atoms with Gasteiger partial charge in [-0.25, -0.2) is 0 Å². The Balaban J connectivity index is 0.00000112. The summed E-state index contributed by atoms with van der Waals surface area (Å²) in [6, 6.07) is 3.84. The molecule has 2 rings (SSSR count). The molecule has 1 aliphatic heterocycles. The molecule has 1 aliphatic rings. The summed E-state index contributed by atoms with van der Waals surface area (Å²) in [6.45, 7) is 0.654. The van der Waals surface area contributed by atoms with Gasteiger partial charge in [-0.3, -0.25) is 0 Å². The lowest BCUT2D eigenvalue weighted by molar-refractivity contribution is 0.252. The fraction of sp³-hybridized carbons (Fsp3) is 0.400. The molecule has 3 nitrogen and oxygen atoms in total. The lowest BCUT2D eigenvalue weighted by Gasteiger charge is -2.25. The second kappa shape index (κ2) is 5.05.